The van der Waals surface area contributed by atoms with Crippen molar-refractivity contribution in [2.45, 2.75) is 27.3 Å². The van der Waals surface area contributed by atoms with Gasteiger partial charge in [0.25, 0.3) is 5.91 Å². The summed E-state index contributed by atoms with van der Waals surface area (Å²) < 4.78 is 12.7. The van der Waals surface area contributed by atoms with Crippen LogP contribution in [0.3, 0.4) is 0 Å². The zero-order valence-electron chi connectivity index (χ0n) is 19.7. The average molecular weight is 478 g/mol. The number of hydrogen-bond acceptors (Lipinski definition) is 6. The van der Waals surface area contributed by atoms with Crippen LogP contribution >= 0.6 is 11.3 Å². The van der Waals surface area contributed by atoms with Crippen LogP contribution in [0.15, 0.2) is 53.4 Å². The van der Waals surface area contributed by atoms with Crippen molar-refractivity contribution >= 4 is 29.3 Å². The van der Waals surface area contributed by atoms with Crippen LogP contribution in [-0.2, 0) is 20.9 Å². The lowest BCUT2D eigenvalue weighted by Crippen LogP contribution is -2.30. The third-order valence-electron chi connectivity index (χ3n) is 5.24. The van der Waals surface area contributed by atoms with Crippen molar-refractivity contribution in [3.8, 4) is 17.5 Å². The van der Waals surface area contributed by atoms with Crippen LogP contribution in [0.5, 0.6) is 5.75 Å². The average Bonchev–Trinajstić information content (AvgIpc) is 3.43. The quantitative estimate of drug-likeness (QED) is 0.254. The van der Waals surface area contributed by atoms with Crippen molar-refractivity contribution < 1.29 is 19.1 Å². The normalized spacial score (nSPS) is 11.1. The molecule has 3 rings (SSSR count). The molecule has 34 heavy (non-hydrogen) atoms. The Balaban J connectivity index is 1.71. The van der Waals surface area contributed by atoms with Crippen LogP contribution in [0.4, 0.5) is 0 Å². The summed E-state index contributed by atoms with van der Waals surface area (Å²) >= 11 is 1.55. The third kappa shape index (κ3) is 5.94. The van der Waals surface area contributed by atoms with Gasteiger partial charge in [0, 0.05) is 29.0 Å². The van der Waals surface area contributed by atoms with Crippen LogP contribution in [0.2, 0.25) is 0 Å². The van der Waals surface area contributed by atoms with Crippen LogP contribution in [0, 0.1) is 25.2 Å². The number of thiophene rings is 1. The number of aryl methyl sites for hydroxylation is 1. The highest BCUT2D eigenvalue weighted by atomic mass is 32.1. The number of nitrogens with zero attached hydrogens (tertiary/aromatic N) is 3. The van der Waals surface area contributed by atoms with Crippen molar-refractivity contribution in [1.29, 1.82) is 5.26 Å². The highest BCUT2D eigenvalue weighted by Gasteiger charge is 2.18. The van der Waals surface area contributed by atoms with E-state index in [-0.39, 0.29) is 11.5 Å². The van der Waals surface area contributed by atoms with Gasteiger partial charge in [-0.25, -0.2) is 4.79 Å². The molecular formula is C26H27N3O4S. The summed E-state index contributed by atoms with van der Waals surface area (Å²) in [6, 6.07) is 15.3. The molecule has 3 aromatic rings. The van der Waals surface area contributed by atoms with Crippen LogP contribution in [-0.4, -0.2) is 41.6 Å². The smallest absolute Gasteiger partial charge is 0.349 e. The van der Waals surface area contributed by atoms with E-state index in [2.05, 4.69) is 0 Å². The summed E-state index contributed by atoms with van der Waals surface area (Å²) in [7, 11) is 1.65. The molecule has 2 aromatic heterocycles. The fourth-order valence-electron chi connectivity index (χ4n) is 3.52. The highest BCUT2D eigenvalue weighted by molar-refractivity contribution is 7.09. The number of ether oxygens (including phenoxy) is 2. The van der Waals surface area contributed by atoms with Gasteiger partial charge in [0.2, 0.25) is 0 Å². The summed E-state index contributed by atoms with van der Waals surface area (Å²) in [5.74, 6) is -0.377. The minimum Gasteiger partial charge on any atom is -0.494 e. The molecule has 0 bridgehead atoms. The number of benzene rings is 1. The fourth-order valence-corrected chi connectivity index (χ4v) is 4.28. The van der Waals surface area contributed by atoms with Gasteiger partial charge in [-0.15, -0.1) is 11.3 Å². The first-order valence-electron chi connectivity index (χ1n) is 10.8. The maximum absolute atomic E-state index is 12.5. The van der Waals surface area contributed by atoms with Crippen LogP contribution in [0.1, 0.15) is 28.8 Å². The molecule has 0 N–H and O–H groups in total. The minimum absolute atomic E-state index is 0.166. The minimum atomic E-state index is -0.828. The number of likely N-dealkylation sites (N-methyl/N-ethyl adjacent to an activating group) is 1. The Morgan fingerprint density at radius 1 is 1.21 bits per heavy atom. The predicted molar refractivity (Wildman–Crippen MR) is 132 cm³/mol. The lowest BCUT2D eigenvalue weighted by atomic mass is 10.1. The van der Waals surface area contributed by atoms with E-state index >= 15 is 0 Å². The second-order valence-electron chi connectivity index (χ2n) is 7.66. The van der Waals surface area contributed by atoms with Gasteiger partial charge in [-0.3, -0.25) is 4.79 Å². The van der Waals surface area contributed by atoms with Crippen molar-refractivity contribution in [2.24, 2.45) is 0 Å². The first-order chi connectivity index (χ1) is 16.3. The van der Waals surface area contributed by atoms with Gasteiger partial charge >= 0.3 is 5.97 Å². The molecule has 0 aliphatic heterocycles. The van der Waals surface area contributed by atoms with Gasteiger partial charge < -0.3 is 18.9 Å². The lowest BCUT2D eigenvalue weighted by Gasteiger charge is -2.16. The molecule has 0 atom stereocenters. The molecule has 0 aliphatic carbocycles. The van der Waals surface area contributed by atoms with Gasteiger partial charge in [-0.05, 0) is 74.2 Å². The molecule has 0 fully saturated rings. The zero-order chi connectivity index (χ0) is 24.7. The molecule has 1 amide bonds. The Morgan fingerprint density at radius 2 is 1.94 bits per heavy atom. The topological polar surface area (TPSA) is 84.6 Å². The molecule has 0 aliphatic rings. The van der Waals surface area contributed by atoms with E-state index in [0.29, 0.717) is 13.2 Å². The lowest BCUT2D eigenvalue weighted by molar-refractivity contribution is -0.148. The molecule has 2 heterocycles. The number of esters is 1. The largest absolute Gasteiger partial charge is 0.494 e. The number of carbonyl (C=O) groups excluding carboxylic acids is 2. The van der Waals surface area contributed by atoms with Gasteiger partial charge in [-0.2, -0.15) is 5.26 Å². The summed E-state index contributed by atoms with van der Waals surface area (Å²) in [5, 5.41) is 11.5. The first kappa shape index (κ1) is 24.8. The maximum Gasteiger partial charge on any atom is 0.349 e. The summed E-state index contributed by atoms with van der Waals surface area (Å²) in [6.45, 7) is 6.41. The van der Waals surface area contributed by atoms with E-state index < -0.39 is 12.6 Å². The van der Waals surface area contributed by atoms with Crippen molar-refractivity contribution in [2.75, 3.05) is 20.3 Å². The number of carbonyl (C=O) groups is 2. The highest BCUT2D eigenvalue weighted by Crippen LogP contribution is 2.24. The number of rotatable bonds is 9. The molecule has 8 heteroatoms. The van der Waals surface area contributed by atoms with Gasteiger partial charge in [-0.1, -0.05) is 6.07 Å². The Bertz CT molecular complexity index is 1220. The second-order valence-corrected chi connectivity index (χ2v) is 8.70. The van der Waals surface area contributed by atoms with Gasteiger partial charge in [0.15, 0.2) is 6.61 Å². The van der Waals surface area contributed by atoms with E-state index in [4.69, 9.17) is 9.47 Å². The molecule has 1 aromatic carbocycles. The molecule has 0 saturated carbocycles. The summed E-state index contributed by atoms with van der Waals surface area (Å²) in [6.07, 6.45) is 1.50. The zero-order valence-corrected chi connectivity index (χ0v) is 20.5. The maximum atomic E-state index is 12.5. The molecule has 176 valence electrons. The Hall–Kier alpha value is -3.83. The summed E-state index contributed by atoms with van der Waals surface area (Å²) in [4.78, 5) is 27.3. The fraction of sp³-hybridized carbons (Fsp3) is 0.269. The van der Waals surface area contributed by atoms with Gasteiger partial charge in [0.05, 0.1) is 13.2 Å². The number of amides is 1. The molecule has 0 spiro atoms. The van der Waals surface area contributed by atoms with E-state index in [1.807, 2.05) is 79.3 Å². The number of hydrogen-bond donors (Lipinski definition) is 0. The second kappa shape index (κ2) is 11.3. The molecule has 0 radical (unpaired) electrons. The van der Waals surface area contributed by atoms with Crippen LogP contribution < -0.4 is 4.74 Å². The van der Waals surface area contributed by atoms with Crippen LogP contribution in [0.25, 0.3) is 11.8 Å². The Labute approximate surface area is 203 Å². The van der Waals surface area contributed by atoms with E-state index in [0.717, 1.165) is 33.3 Å². The van der Waals surface area contributed by atoms with Gasteiger partial charge in [0.1, 0.15) is 17.4 Å². The standard InChI is InChI=1S/C26H27N3O4S/c1-5-32-23-10-8-22(9-11-23)29-18(2)13-20(19(29)3)14-21(15-27)26(31)33-17-25(30)28(4)16-24-7-6-12-34-24/h6-14H,5,16-17H2,1-4H3/b21-14+. The predicted octanol–water partition coefficient (Wildman–Crippen LogP) is 4.66. The number of aromatic nitrogens is 1. The third-order valence-corrected chi connectivity index (χ3v) is 6.10. The summed E-state index contributed by atoms with van der Waals surface area (Å²) in [5.41, 5.74) is 3.32. The monoisotopic (exact) mass is 477 g/mol. The molecular weight excluding hydrogens is 450 g/mol. The van der Waals surface area contributed by atoms with Crippen molar-refractivity contribution in [3.63, 3.8) is 0 Å². The van der Waals surface area contributed by atoms with E-state index in [1.54, 1.807) is 18.4 Å². The van der Waals surface area contributed by atoms with E-state index in [1.165, 1.54) is 11.0 Å². The Morgan fingerprint density at radius 3 is 2.56 bits per heavy atom. The SMILES string of the molecule is CCOc1ccc(-n2c(C)cc(/C=C(\C#N)C(=O)OCC(=O)N(C)Cc3cccs3)c2C)cc1. The van der Waals surface area contributed by atoms with Crippen molar-refractivity contribution in [3.05, 3.63) is 75.2 Å². The van der Waals surface area contributed by atoms with E-state index in [9.17, 15) is 14.9 Å². The van der Waals surface area contributed by atoms with Crippen molar-refractivity contribution in [1.82, 2.24) is 9.47 Å². The molecule has 7 nitrogen and oxygen atoms in total. The first-order valence-corrected chi connectivity index (χ1v) is 11.7. The Kier molecular flexibility index (Phi) is 8.28. The molecule has 0 unspecified atom stereocenters. The number of nitriles is 1. The molecule has 0 saturated heterocycles.